The lowest BCUT2D eigenvalue weighted by atomic mass is 10.3. The molecule has 1 aliphatic rings. The molecule has 0 spiro atoms. The number of aromatic nitrogens is 1. The Morgan fingerprint density at radius 2 is 2.47 bits per heavy atom. The SMILES string of the molecule is Cn1cccc1/C=N\N=C1\NC(=O)[C@H](CC(=O)O)S1. The zero-order valence-electron chi connectivity index (χ0n) is 10.1. The van der Waals surface area contributed by atoms with Crippen LogP contribution in [-0.2, 0) is 16.6 Å². The molecule has 19 heavy (non-hydrogen) atoms. The quantitative estimate of drug-likeness (QED) is 0.617. The van der Waals surface area contributed by atoms with Gasteiger partial charge in [-0.25, -0.2) is 0 Å². The molecule has 0 radical (unpaired) electrons. The number of carbonyl (C=O) groups is 2. The molecule has 8 heteroatoms. The van der Waals surface area contributed by atoms with Crippen molar-refractivity contribution in [3.05, 3.63) is 24.0 Å². The molecule has 0 saturated carbocycles. The summed E-state index contributed by atoms with van der Waals surface area (Å²) in [6, 6.07) is 3.75. The van der Waals surface area contributed by atoms with Crippen LogP contribution in [0, 0.1) is 0 Å². The van der Waals surface area contributed by atoms with Crippen LogP contribution in [0.25, 0.3) is 0 Å². The van der Waals surface area contributed by atoms with Gasteiger partial charge >= 0.3 is 5.97 Å². The Kier molecular flexibility index (Phi) is 4.00. The van der Waals surface area contributed by atoms with E-state index in [1.807, 2.05) is 29.9 Å². The maximum Gasteiger partial charge on any atom is 0.305 e. The van der Waals surface area contributed by atoms with E-state index in [9.17, 15) is 9.59 Å². The van der Waals surface area contributed by atoms with Gasteiger partial charge in [0.05, 0.1) is 18.3 Å². The Morgan fingerprint density at radius 3 is 3.11 bits per heavy atom. The summed E-state index contributed by atoms with van der Waals surface area (Å²) in [5.74, 6) is -1.36. The number of aryl methyl sites for hydroxylation is 1. The predicted molar refractivity (Wildman–Crippen MR) is 72.2 cm³/mol. The van der Waals surface area contributed by atoms with E-state index in [-0.39, 0.29) is 12.3 Å². The zero-order valence-corrected chi connectivity index (χ0v) is 10.9. The number of hydrogen-bond donors (Lipinski definition) is 2. The molecule has 1 saturated heterocycles. The standard InChI is InChI=1S/C11H12N4O3S/c1-15-4-2-3-7(15)6-12-14-11-13-10(18)8(19-11)5-9(16)17/h2-4,6,8H,5H2,1H3,(H,16,17)(H,13,14,18)/b12-6-/t8-/m0/s1. The second kappa shape index (κ2) is 5.70. The van der Waals surface area contributed by atoms with Crippen molar-refractivity contribution in [1.29, 1.82) is 0 Å². The van der Waals surface area contributed by atoms with E-state index >= 15 is 0 Å². The van der Waals surface area contributed by atoms with Crippen LogP contribution >= 0.6 is 11.8 Å². The van der Waals surface area contributed by atoms with Gasteiger partial charge in [0.15, 0.2) is 5.17 Å². The number of nitrogens with one attached hydrogen (secondary N) is 1. The van der Waals surface area contributed by atoms with Gasteiger partial charge in [-0.1, -0.05) is 11.8 Å². The Morgan fingerprint density at radius 1 is 1.68 bits per heavy atom. The third-order valence-corrected chi connectivity index (χ3v) is 3.53. The zero-order chi connectivity index (χ0) is 13.8. The highest BCUT2D eigenvalue weighted by Crippen LogP contribution is 2.22. The summed E-state index contributed by atoms with van der Waals surface area (Å²) < 4.78 is 1.87. The predicted octanol–water partition coefficient (Wildman–Crippen LogP) is 0.421. The van der Waals surface area contributed by atoms with Crippen molar-refractivity contribution < 1.29 is 14.7 Å². The van der Waals surface area contributed by atoms with Gasteiger partial charge in [-0.05, 0) is 12.1 Å². The lowest BCUT2D eigenvalue weighted by Gasteiger charge is -1.97. The molecular weight excluding hydrogens is 268 g/mol. The van der Waals surface area contributed by atoms with Gasteiger partial charge in [-0.15, -0.1) is 5.10 Å². The van der Waals surface area contributed by atoms with E-state index in [2.05, 4.69) is 15.5 Å². The fourth-order valence-corrected chi connectivity index (χ4v) is 2.41. The lowest BCUT2D eigenvalue weighted by Crippen LogP contribution is -2.26. The van der Waals surface area contributed by atoms with Crippen molar-refractivity contribution in [2.45, 2.75) is 11.7 Å². The second-order valence-electron chi connectivity index (χ2n) is 3.89. The number of rotatable bonds is 4. The van der Waals surface area contributed by atoms with Gasteiger partial charge in [0.2, 0.25) is 5.91 Å². The van der Waals surface area contributed by atoms with Gasteiger partial charge in [0.1, 0.15) is 5.25 Å². The Bertz CT molecular complexity index is 564. The summed E-state index contributed by atoms with van der Waals surface area (Å²) >= 11 is 1.08. The average Bonchev–Trinajstić information content (AvgIpc) is 2.87. The maximum atomic E-state index is 11.4. The number of nitrogens with zero attached hydrogens (tertiary/aromatic N) is 3. The summed E-state index contributed by atoms with van der Waals surface area (Å²) in [5, 5.41) is 18.5. The van der Waals surface area contributed by atoms with Crippen LogP contribution in [0.1, 0.15) is 12.1 Å². The Labute approximate surface area is 113 Å². The fourth-order valence-electron chi connectivity index (χ4n) is 1.49. The van der Waals surface area contributed by atoms with Gasteiger partial charge in [-0.2, -0.15) is 5.10 Å². The van der Waals surface area contributed by atoms with E-state index in [0.717, 1.165) is 17.5 Å². The van der Waals surface area contributed by atoms with Crippen LogP contribution in [0.4, 0.5) is 0 Å². The number of amidine groups is 1. The first-order valence-electron chi connectivity index (χ1n) is 5.48. The number of thioether (sulfide) groups is 1. The molecule has 0 bridgehead atoms. The molecule has 1 aromatic rings. The van der Waals surface area contributed by atoms with E-state index in [4.69, 9.17) is 5.11 Å². The van der Waals surface area contributed by atoms with Crippen molar-refractivity contribution in [2.75, 3.05) is 0 Å². The van der Waals surface area contributed by atoms with Crippen molar-refractivity contribution >= 4 is 35.0 Å². The van der Waals surface area contributed by atoms with E-state index in [0.29, 0.717) is 5.17 Å². The van der Waals surface area contributed by atoms with E-state index in [1.165, 1.54) is 0 Å². The number of amides is 1. The van der Waals surface area contributed by atoms with Crippen molar-refractivity contribution in [3.63, 3.8) is 0 Å². The topological polar surface area (TPSA) is 96.0 Å². The molecule has 0 aromatic carbocycles. The molecule has 1 aromatic heterocycles. The van der Waals surface area contributed by atoms with Crippen LogP contribution in [0.2, 0.25) is 0 Å². The van der Waals surface area contributed by atoms with Crippen LogP contribution < -0.4 is 5.32 Å². The Balaban J connectivity index is 1.98. The first kappa shape index (κ1) is 13.3. The number of aliphatic carboxylic acids is 1. The van der Waals surface area contributed by atoms with Crippen molar-refractivity contribution in [2.24, 2.45) is 17.3 Å². The molecule has 0 aliphatic carbocycles. The van der Waals surface area contributed by atoms with E-state index in [1.54, 1.807) is 6.21 Å². The molecule has 100 valence electrons. The summed E-state index contributed by atoms with van der Waals surface area (Å²) in [4.78, 5) is 22.0. The molecule has 1 atom stereocenters. The number of carbonyl (C=O) groups excluding carboxylic acids is 1. The van der Waals surface area contributed by atoms with Crippen molar-refractivity contribution in [3.8, 4) is 0 Å². The lowest BCUT2D eigenvalue weighted by molar-refractivity contribution is -0.138. The molecule has 1 aliphatic heterocycles. The first-order chi connectivity index (χ1) is 9.06. The third kappa shape index (κ3) is 3.44. The highest BCUT2D eigenvalue weighted by Gasteiger charge is 2.32. The summed E-state index contributed by atoms with van der Waals surface area (Å²) in [6.45, 7) is 0. The highest BCUT2D eigenvalue weighted by molar-refractivity contribution is 8.15. The smallest absolute Gasteiger partial charge is 0.305 e. The minimum absolute atomic E-state index is 0.225. The third-order valence-electron chi connectivity index (χ3n) is 2.46. The van der Waals surface area contributed by atoms with Crippen molar-refractivity contribution in [1.82, 2.24) is 9.88 Å². The van der Waals surface area contributed by atoms with Gasteiger partial charge in [0, 0.05) is 13.2 Å². The largest absolute Gasteiger partial charge is 0.481 e. The molecule has 1 fully saturated rings. The Hall–Kier alpha value is -2.09. The average molecular weight is 280 g/mol. The van der Waals surface area contributed by atoms with Crippen LogP contribution in [0.3, 0.4) is 0 Å². The molecule has 1 amide bonds. The minimum Gasteiger partial charge on any atom is -0.481 e. The molecular formula is C11H12N4O3S. The molecule has 7 nitrogen and oxygen atoms in total. The van der Waals surface area contributed by atoms with Crippen LogP contribution in [-0.4, -0.2) is 38.2 Å². The highest BCUT2D eigenvalue weighted by atomic mass is 32.2. The van der Waals surface area contributed by atoms with E-state index < -0.39 is 11.2 Å². The number of hydrogen-bond acceptors (Lipinski definition) is 5. The van der Waals surface area contributed by atoms with Gasteiger partial charge in [-0.3, -0.25) is 9.59 Å². The summed E-state index contributed by atoms with van der Waals surface area (Å²) in [5.41, 5.74) is 0.876. The summed E-state index contributed by atoms with van der Waals surface area (Å²) in [6.07, 6.45) is 3.21. The molecule has 2 rings (SSSR count). The molecule has 2 heterocycles. The van der Waals surface area contributed by atoms with Crippen LogP contribution in [0.15, 0.2) is 28.5 Å². The van der Waals surface area contributed by atoms with Crippen LogP contribution in [0.5, 0.6) is 0 Å². The summed E-state index contributed by atoms with van der Waals surface area (Å²) in [7, 11) is 1.88. The molecule has 0 unspecified atom stereocenters. The first-order valence-corrected chi connectivity index (χ1v) is 6.36. The van der Waals surface area contributed by atoms with Gasteiger partial charge < -0.3 is 15.0 Å². The fraction of sp³-hybridized carbons (Fsp3) is 0.273. The monoisotopic (exact) mass is 280 g/mol. The second-order valence-corrected chi connectivity index (χ2v) is 5.08. The van der Waals surface area contributed by atoms with Gasteiger partial charge in [0.25, 0.3) is 0 Å². The number of carboxylic acids is 1. The number of carboxylic acid groups (broad SMARTS) is 1. The molecule has 2 N–H and O–H groups in total. The maximum absolute atomic E-state index is 11.4. The minimum atomic E-state index is -1.01. The normalized spacial score (nSPS) is 21.2.